The van der Waals surface area contributed by atoms with Crippen molar-refractivity contribution in [3.05, 3.63) is 40.2 Å². The average Bonchev–Trinajstić information content (AvgIpc) is 3.24. The molecular formula is C18H21N7O5. The first-order valence-corrected chi connectivity index (χ1v) is 9.33. The predicted octanol–water partition coefficient (Wildman–Crippen LogP) is 0.291. The van der Waals surface area contributed by atoms with Crippen LogP contribution < -0.4 is 11.3 Å². The number of ether oxygens (including phenoxy) is 1. The van der Waals surface area contributed by atoms with Gasteiger partial charge in [0.2, 0.25) is 5.95 Å². The predicted molar refractivity (Wildman–Crippen MR) is 106 cm³/mol. The molecule has 1 aliphatic heterocycles. The summed E-state index contributed by atoms with van der Waals surface area (Å²) < 4.78 is 6.80. The number of H-pyrrole nitrogens is 1. The number of hydrogen-bond donors (Lipinski definition) is 5. The quantitative estimate of drug-likeness (QED) is 0.368. The third kappa shape index (κ3) is 3.45. The molecule has 4 rings (SSSR count). The van der Waals surface area contributed by atoms with Crippen LogP contribution >= 0.6 is 0 Å². The Bertz CT molecular complexity index is 1140. The minimum Gasteiger partial charge on any atom is -0.394 e. The second kappa shape index (κ2) is 7.91. The topological polar surface area (TPSA) is 184 Å². The van der Waals surface area contributed by atoms with Crippen molar-refractivity contribution in [3.63, 3.8) is 0 Å². The van der Waals surface area contributed by atoms with Gasteiger partial charge in [0, 0.05) is 0 Å². The molecule has 1 fully saturated rings. The van der Waals surface area contributed by atoms with Gasteiger partial charge >= 0.3 is 0 Å². The number of nitrogens with one attached hydrogen (secondary N) is 1. The monoisotopic (exact) mass is 415 g/mol. The van der Waals surface area contributed by atoms with E-state index in [-0.39, 0.29) is 23.1 Å². The molecule has 3 aromatic rings. The molecule has 1 aliphatic rings. The Morgan fingerprint density at radius 1 is 1.20 bits per heavy atom. The molecule has 3 heterocycles. The number of fused-ring (bicyclic) bond motifs is 1. The van der Waals surface area contributed by atoms with Gasteiger partial charge in [0.15, 0.2) is 17.4 Å². The number of anilines is 1. The van der Waals surface area contributed by atoms with Crippen LogP contribution in [0.5, 0.6) is 0 Å². The highest BCUT2D eigenvalue weighted by Crippen LogP contribution is 2.35. The van der Waals surface area contributed by atoms with Crippen LogP contribution in [0.25, 0.3) is 11.2 Å². The van der Waals surface area contributed by atoms with Crippen LogP contribution in [0, 0.1) is 0 Å². The number of azo groups is 1. The lowest BCUT2D eigenvalue weighted by Crippen LogP contribution is -2.33. The van der Waals surface area contributed by atoms with Gasteiger partial charge < -0.3 is 25.8 Å². The van der Waals surface area contributed by atoms with Gasteiger partial charge in [-0.25, -0.2) is 4.98 Å². The third-order valence-electron chi connectivity index (χ3n) is 4.92. The summed E-state index contributed by atoms with van der Waals surface area (Å²) in [6.07, 6.45) is -4.16. The number of nitrogens with zero attached hydrogens (tertiary/aromatic N) is 5. The molecule has 0 spiro atoms. The number of nitrogen functional groups attached to an aromatic ring is 1. The summed E-state index contributed by atoms with van der Waals surface area (Å²) in [7, 11) is 0. The van der Waals surface area contributed by atoms with Crippen LogP contribution in [0.1, 0.15) is 18.7 Å². The first-order valence-electron chi connectivity index (χ1n) is 9.33. The number of benzene rings is 1. The second-order valence-corrected chi connectivity index (χ2v) is 6.85. The van der Waals surface area contributed by atoms with Gasteiger partial charge in [-0.05, 0) is 24.1 Å². The molecule has 0 bridgehead atoms. The summed E-state index contributed by atoms with van der Waals surface area (Å²) in [4.78, 5) is 22.9. The molecule has 6 N–H and O–H groups in total. The van der Waals surface area contributed by atoms with E-state index >= 15 is 0 Å². The smallest absolute Gasteiger partial charge is 0.280 e. The van der Waals surface area contributed by atoms with Crippen molar-refractivity contribution in [2.75, 3.05) is 12.3 Å². The van der Waals surface area contributed by atoms with E-state index in [1.165, 1.54) is 4.57 Å². The Balaban J connectivity index is 1.82. The lowest BCUT2D eigenvalue weighted by molar-refractivity contribution is -0.0503. The summed E-state index contributed by atoms with van der Waals surface area (Å²) in [6.45, 7) is 1.52. The van der Waals surface area contributed by atoms with Crippen molar-refractivity contribution in [2.24, 2.45) is 10.2 Å². The fraction of sp³-hybridized carbons (Fsp3) is 0.389. The van der Waals surface area contributed by atoms with E-state index in [0.29, 0.717) is 5.69 Å². The summed E-state index contributed by atoms with van der Waals surface area (Å²) in [5.74, 6) is -0.248. The average molecular weight is 415 g/mol. The minimum atomic E-state index is -1.43. The van der Waals surface area contributed by atoms with Crippen molar-refractivity contribution in [1.29, 1.82) is 0 Å². The number of aliphatic hydroxyl groups excluding tert-OH is 3. The number of rotatable bonds is 5. The molecule has 2 aromatic heterocycles. The lowest BCUT2D eigenvalue weighted by Gasteiger charge is -2.17. The zero-order valence-electron chi connectivity index (χ0n) is 16.0. The van der Waals surface area contributed by atoms with Gasteiger partial charge in [-0.15, -0.1) is 10.2 Å². The van der Waals surface area contributed by atoms with Crippen LogP contribution in [-0.4, -0.2) is 59.8 Å². The van der Waals surface area contributed by atoms with Crippen LogP contribution in [0.2, 0.25) is 0 Å². The number of aromatic nitrogens is 4. The van der Waals surface area contributed by atoms with E-state index in [2.05, 4.69) is 25.2 Å². The Morgan fingerprint density at radius 3 is 2.57 bits per heavy atom. The maximum atomic E-state index is 12.3. The molecule has 0 amide bonds. The summed E-state index contributed by atoms with van der Waals surface area (Å²) in [5.41, 5.74) is 6.65. The maximum absolute atomic E-state index is 12.3. The van der Waals surface area contributed by atoms with E-state index in [1.807, 2.05) is 19.1 Å². The molecule has 1 saturated heterocycles. The van der Waals surface area contributed by atoms with Crippen LogP contribution in [-0.2, 0) is 11.2 Å². The van der Waals surface area contributed by atoms with Crippen LogP contribution in [0.4, 0.5) is 17.6 Å². The van der Waals surface area contributed by atoms with Gasteiger partial charge in [0.25, 0.3) is 11.5 Å². The third-order valence-corrected chi connectivity index (χ3v) is 4.92. The van der Waals surface area contributed by atoms with Gasteiger partial charge in [0.05, 0.1) is 12.3 Å². The number of aliphatic hydroxyl groups is 3. The first-order chi connectivity index (χ1) is 14.4. The summed E-state index contributed by atoms with van der Waals surface area (Å²) >= 11 is 0. The standard InChI is InChI=1S/C18H21N7O5/c1-2-8-3-5-9(6-4-8)23-24-18-20-11-14(21-17(19)22-15(11)29)25(18)16-13(28)12(27)10(7-26)30-16/h3-6,10,12-13,16,26-28H,2,7H2,1H3,(H3,19,21,22,29). The van der Waals surface area contributed by atoms with Crippen molar-refractivity contribution in [2.45, 2.75) is 37.9 Å². The van der Waals surface area contributed by atoms with Crippen LogP contribution in [0.15, 0.2) is 39.3 Å². The fourth-order valence-electron chi connectivity index (χ4n) is 3.29. The van der Waals surface area contributed by atoms with Crippen LogP contribution in [0.3, 0.4) is 0 Å². The minimum absolute atomic E-state index is 0.00127. The van der Waals surface area contributed by atoms with Crippen molar-refractivity contribution >= 4 is 28.7 Å². The Morgan fingerprint density at radius 2 is 1.93 bits per heavy atom. The van der Waals surface area contributed by atoms with Gasteiger partial charge in [0.1, 0.15) is 18.3 Å². The molecule has 158 valence electrons. The van der Waals surface area contributed by atoms with E-state index in [4.69, 9.17) is 10.5 Å². The highest BCUT2D eigenvalue weighted by atomic mass is 16.6. The zero-order chi connectivity index (χ0) is 21.4. The number of nitrogens with two attached hydrogens (primary N) is 1. The first kappa shape index (κ1) is 20.1. The second-order valence-electron chi connectivity index (χ2n) is 6.85. The van der Waals surface area contributed by atoms with Gasteiger partial charge in [-0.1, -0.05) is 19.1 Å². The molecular weight excluding hydrogens is 394 g/mol. The van der Waals surface area contributed by atoms with E-state index in [9.17, 15) is 20.1 Å². The van der Waals surface area contributed by atoms with Gasteiger partial charge in [-0.3, -0.25) is 14.3 Å². The SMILES string of the molecule is CCc1ccc(N=Nc2nc3c(=O)[nH]c(N)nc3n2C2OC(CO)C(O)C2O)cc1. The number of aryl methyl sites for hydroxylation is 1. The van der Waals surface area contributed by atoms with Crippen molar-refractivity contribution in [1.82, 2.24) is 19.5 Å². The Hall–Kier alpha value is -3.19. The number of imidazole rings is 1. The summed E-state index contributed by atoms with van der Waals surface area (Å²) in [6, 6.07) is 7.39. The molecule has 0 aliphatic carbocycles. The number of hydrogen-bond acceptors (Lipinski definition) is 10. The van der Waals surface area contributed by atoms with E-state index < -0.39 is 36.7 Å². The van der Waals surface area contributed by atoms with E-state index in [1.54, 1.807) is 12.1 Å². The molecule has 0 radical (unpaired) electrons. The normalized spacial score (nSPS) is 24.3. The molecule has 12 heteroatoms. The Labute approximate surface area is 169 Å². The Kier molecular flexibility index (Phi) is 5.30. The molecule has 30 heavy (non-hydrogen) atoms. The molecule has 0 saturated carbocycles. The number of aromatic amines is 1. The fourth-order valence-corrected chi connectivity index (χ4v) is 3.29. The summed E-state index contributed by atoms with van der Waals surface area (Å²) in [5, 5.41) is 38.2. The molecule has 12 nitrogen and oxygen atoms in total. The van der Waals surface area contributed by atoms with E-state index in [0.717, 1.165) is 12.0 Å². The maximum Gasteiger partial charge on any atom is 0.280 e. The van der Waals surface area contributed by atoms with Gasteiger partial charge in [-0.2, -0.15) is 4.98 Å². The molecule has 1 aromatic carbocycles. The van der Waals surface area contributed by atoms with Crippen molar-refractivity contribution < 1.29 is 20.1 Å². The highest BCUT2D eigenvalue weighted by Gasteiger charge is 2.45. The zero-order valence-corrected chi connectivity index (χ0v) is 16.0. The molecule has 4 unspecified atom stereocenters. The largest absolute Gasteiger partial charge is 0.394 e. The van der Waals surface area contributed by atoms with Crippen molar-refractivity contribution in [3.8, 4) is 0 Å². The molecule has 4 atom stereocenters. The lowest BCUT2D eigenvalue weighted by atomic mass is 10.1. The highest BCUT2D eigenvalue weighted by molar-refractivity contribution is 5.74.